The summed E-state index contributed by atoms with van der Waals surface area (Å²) in [6, 6.07) is 6.48. The minimum absolute atomic E-state index is 0.473. The summed E-state index contributed by atoms with van der Waals surface area (Å²) in [6.45, 7) is 0. The fourth-order valence-corrected chi connectivity index (χ4v) is 2.78. The van der Waals surface area contributed by atoms with Gasteiger partial charge in [0, 0.05) is 18.7 Å². The van der Waals surface area contributed by atoms with Crippen LogP contribution < -0.4 is 0 Å². The van der Waals surface area contributed by atoms with Crippen LogP contribution in [0.3, 0.4) is 0 Å². The van der Waals surface area contributed by atoms with Crippen LogP contribution in [-0.2, 0) is 13.2 Å². The third kappa shape index (κ3) is 2.74. The molecule has 4 nitrogen and oxygen atoms in total. The summed E-state index contributed by atoms with van der Waals surface area (Å²) in [7, 11) is 1.78. The van der Waals surface area contributed by atoms with E-state index in [0.717, 1.165) is 21.4 Å². The zero-order valence-corrected chi connectivity index (χ0v) is 13.4. The molecule has 0 spiro atoms. The van der Waals surface area contributed by atoms with Gasteiger partial charge in [-0.2, -0.15) is 18.3 Å². The van der Waals surface area contributed by atoms with Gasteiger partial charge in [-0.25, -0.2) is 0 Å². The van der Waals surface area contributed by atoms with Crippen molar-refractivity contribution in [1.82, 2.24) is 14.9 Å². The molecule has 0 unspecified atom stereocenters. The molecule has 2 heterocycles. The summed E-state index contributed by atoms with van der Waals surface area (Å²) < 4.78 is 45.5. The van der Waals surface area contributed by atoms with Crippen LogP contribution in [0.4, 0.5) is 13.2 Å². The van der Waals surface area contributed by atoms with E-state index in [0.29, 0.717) is 17.0 Å². The Labute approximate surface area is 137 Å². The summed E-state index contributed by atoms with van der Waals surface area (Å²) in [6.07, 6.45) is -2.66. The average Bonchev–Trinajstić information content (AvgIpc) is 3.05. The zero-order valence-electron chi connectivity index (χ0n) is 11.2. The summed E-state index contributed by atoms with van der Waals surface area (Å²) >= 11 is 2.13. The van der Waals surface area contributed by atoms with Gasteiger partial charge in [0.15, 0.2) is 5.76 Å². The van der Waals surface area contributed by atoms with Crippen molar-refractivity contribution in [1.29, 1.82) is 0 Å². The van der Waals surface area contributed by atoms with Gasteiger partial charge in [0.2, 0.25) is 0 Å². The number of hydrogen-bond acceptors (Lipinski definition) is 3. The maximum atomic E-state index is 12.6. The van der Waals surface area contributed by atoms with Crippen molar-refractivity contribution in [3.63, 3.8) is 0 Å². The van der Waals surface area contributed by atoms with E-state index in [4.69, 9.17) is 4.52 Å². The Morgan fingerprint density at radius 3 is 2.41 bits per heavy atom. The Bertz CT molecular complexity index is 786. The van der Waals surface area contributed by atoms with Gasteiger partial charge in [-0.05, 0) is 34.7 Å². The van der Waals surface area contributed by atoms with E-state index in [1.54, 1.807) is 24.0 Å². The molecule has 0 fully saturated rings. The lowest BCUT2D eigenvalue weighted by Crippen LogP contribution is -2.03. The van der Waals surface area contributed by atoms with E-state index in [-0.39, 0.29) is 0 Å². The van der Waals surface area contributed by atoms with Crippen LogP contribution in [0.15, 0.2) is 41.1 Å². The summed E-state index contributed by atoms with van der Waals surface area (Å²) in [5, 5.41) is 8.03. The first-order valence-corrected chi connectivity index (χ1v) is 7.26. The fourth-order valence-electron chi connectivity index (χ4n) is 2.04. The van der Waals surface area contributed by atoms with Gasteiger partial charge >= 0.3 is 6.18 Å². The van der Waals surface area contributed by atoms with Crippen LogP contribution in [-0.4, -0.2) is 14.9 Å². The molecule has 114 valence electrons. The van der Waals surface area contributed by atoms with Gasteiger partial charge in [-0.1, -0.05) is 17.3 Å². The molecule has 0 amide bonds. The molecule has 0 bridgehead atoms. The molecule has 22 heavy (non-hydrogen) atoms. The van der Waals surface area contributed by atoms with Gasteiger partial charge < -0.3 is 4.52 Å². The number of benzene rings is 1. The van der Waals surface area contributed by atoms with Crippen molar-refractivity contribution in [2.45, 2.75) is 6.18 Å². The number of hydrogen-bond donors (Lipinski definition) is 0. The van der Waals surface area contributed by atoms with Crippen molar-refractivity contribution < 1.29 is 17.7 Å². The first kappa shape index (κ1) is 15.1. The van der Waals surface area contributed by atoms with E-state index < -0.39 is 11.7 Å². The van der Waals surface area contributed by atoms with Gasteiger partial charge in [-0.15, -0.1) is 0 Å². The third-order valence-electron chi connectivity index (χ3n) is 3.15. The maximum Gasteiger partial charge on any atom is 0.416 e. The van der Waals surface area contributed by atoms with Gasteiger partial charge in [-0.3, -0.25) is 4.68 Å². The van der Waals surface area contributed by atoms with Gasteiger partial charge in [0.1, 0.15) is 11.4 Å². The molecular weight excluding hydrogens is 410 g/mol. The number of aryl methyl sites for hydroxylation is 1. The first-order chi connectivity index (χ1) is 10.4. The molecule has 0 aliphatic carbocycles. The molecule has 0 aliphatic rings. The SMILES string of the molecule is Cn1ncc(I)c1-c1cc(-c2ccc(C(F)(F)F)cc2)no1. The van der Waals surface area contributed by atoms with Crippen LogP contribution >= 0.6 is 22.6 Å². The van der Waals surface area contributed by atoms with E-state index in [9.17, 15) is 13.2 Å². The molecule has 0 saturated carbocycles. The van der Waals surface area contributed by atoms with Crippen LogP contribution in [0.5, 0.6) is 0 Å². The molecule has 3 aromatic rings. The van der Waals surface area contributed by atoms with E-state index >= 15 is 0 Å². The molecule has 0 aliphatic heterocycles. The molecule has 0 radical (unpaired) electrons. The average molecular weight is 419 g/mol. The quantitative estimate of drug-likeness (QED) is 0.580. The van der Waals surface area contributed by atoms with Crippen LogP contribution in [0, 0.1) is 3.57 Å². The number of alkyl halides is 3. The highest BCUT2D eigenvalue weighted by molar-refractivity contribution is 14.1. The molecule has 0 atom stereocenters. The van der Waals surface area contributed by atoms with Crippen LogP contribution in [0.1, 0.15) is 5.56 Å². The highest BCUT2D eigenvalue weighted by Crippen LogP contribution is 2.32. The van der Waals surface area contributed by atoms with Crippen molar-refractivity contribution in [3.8, 4) is 22.7 Å². The number of halogens is 4. The second kappa shape index (κ2) is 5.41. The minimum atomic E-state index is -4.35. The largest absolute Gasteiger partial charge is 0.416 e. The number of nitrogens with zero attached hydrogens (tertiary/aromatic N) is 3. The third-order valence-corrected chi connectivity index (χ3v) is 3.94. The lowest BCUT2D eigenvalue weighted by Gasteiger charge is -2.06. The molecule has 1 aromatic carbocycles. The molecule has 8 heteroatoms. The van der Waals surface area contributed by atoms with Crippen molar-refractivity contribution in [2.75, 3.05) is 0 Å². The Morgan fingerprint density at radius 2 is 1.86 bits per heavy atom. The predicted octanol–water partition coefficient (Wildman–Crippen LogP) is 4.37. The minimum Gasteiger partial charge on any atom is -0.354 e. The Hall–Kier alpha value is -1.84. The molecule has 0 saturated heterocycles. The highest BCUT2D eigenvalue weighted by atomic mass is 127. The zero-order chi connectivity index (χ0) is 15.9. The van der Waals surface area contributed by atoms with Gasteiger partial charge in [0.25, 0.3) is 0 Å². The predicted molar refractivity (Wildman–Crippen MR) is 81.9 cm³/mol. The Morgan fingerprint density at radius 1 is 1.18 bits per heavy atom. The van der Waals surface area contributed by atoms with Gasteiger partial charge in [0.05, 0.1) is 15.3 Å². The lowest BCUT2D eigenvalue weighted by atomic mass is 10.1. The smallest absolute Gasteiger partial charge is 0.354 e. The van der Waals surface area contributed by atoms with Crippen molar-refractivity contribution in [3.05, 3.63) is 45.7 Å². The molecule has 3 rings (SSSR count). The van der Waals surface area contributed by atoms with E-state index in [2.05, 4.69) is 32.8 Å². The highest BCUT2D eigenvalue weighted by Gasteiger charge is 2.30. The monoisotopic (exact) mass is 419 g/mol. The first-order valence-electron chi connectivity index (χ1n) is 6.18. The summed E-state index contributed by atoms with van der Waals surface area (Å²) in [5.74, 6) is 0.513. The second-order valence-corrected chi connectivity index (χ2v) is 5.78. The van der Waals surface area contributed by atoms with E-state index in [1.807, 2.05) is 0 Å². The Kier molecular flexibility index (Phi) is 3.71. The lowest BCUT2D eigenvalue weighted by molar-refractivity contribution is -0.137. The standard InChI is InChI=1S/C14H9F3IN3O/c1-21-13(10(18)7-19-21)12-6-11(20-22-12)8-2-4-9(5-3-8)14(15,16)17/h2-7H,1H3. The maximum absolute atomic E-state index is 12.6. The molecule has 2 aromatic heterocycles. The van der Waals surface area contributed by atoms with Crippen molar-refractivity contribution in [2.24, 2.45) is 7.05 Å². The summed E-state index contributed by atoms with van der Waals surface area (Å²) in [5.41, 5.74) is 1.10. The van der Waals surface area contributed by atoms with E-state index in [1.165, 1.54) is 12.1 Å². The fraction of sp³-hybridized carbons (Fsp3) is 0.143. The molecular formula is C14H9F3IN3O. The topological polar surface area (TPSA) is 43.9 Å². The summed E-state index contributed by atoms with van der Waals surface area (Å²) in [4.78, 5) is 0. The normalized spacial score (nSPS) is 11.9. The second-order valence-electron chi connectivity index (χ2n) is 4.62. The number of aromatic nitrogens is 3. The van der Waals surface area contributed by atoms with Crippen molar-refractivity contribution >= 4 is 22.6 Å². The number of rotatable bonds is 2. The van der Waals surface area contributed by atoms with Crippen LogP contribution in [0.2, 0.25) is 0 Å². The molecule has 0 N–H and O–H groups in total. The van der Waals surface area contributed by atoms with Crippen LogP contribution in [0.25, 0.3) is 22.7 Å². The Balaban J connectivity index is 1.94.